The largest absolute Gasteiger partial charge is 0.379 e. The third-order valence-electron chi connectivity index (χ3n) is 2.85. The van der Waals surface area contributed by atoms with Gasteiger partial charge in [0.05, 0.1) is 19.8 Å². The molecule has 1 fully saturated rings. The number of hydrogen-bond donors (Lipinski definition) is 2. The van der Waals surface area contributed by atoms with Gasteiger partial charge in [-0.05, 0) is 12.1 Å². The number of hydrogen-bond acceptors (Lipinski definition) is 3. The second-order valence-corrected chi connectivity index (χ2v) is 4.18. The van der Waals surface area contributed by atoms with Gasteiger partial charge < -0.3 is 15.0 Å². The quantitative estimate of drug-likeness (QED) is 0.758. The maximum atomic E-state index is 11.6. The Kier molecular flexibility index (Phi) is 4.58. The number of morpholine rings is 1. The standard InChI is InChI=1S/C12H19N3O2/c16-12(10-15-6-8-17-9-7-15)14-5-3-11-2-1-4-13-11/h1-2,4,13H,3,5-10H2,(H,14,16). The van der Waals surface area contributed by atoms with Gasteiger partial charge in [0.25, 0.3) is 0 Å². The number of H-pyrrole nitrogens is 1. The first-order valence-electron chi connectivity index (χ1n) is 6.03. The van der Waals surface area contributed by atoms with Gasteiger partial charge in [-0.2, -0.15) is 0 Å². The van der Waals surface area contributed by atoms with Crippen molar-refractivity contribution in [1.29, 1.82) is 0 Å². The molecule has 5 heteroatoms. The summed E-state index contributed by atoms with van der Waals surface area (Å²) in [6, 6.07) is 3.99. The molecule has 1 aromatic rings. The lowest BCUT2D eigenvalue weighted by atomic mass is 10.3. The maximum absolute atomic E-state index is 11.6. The van der Waals surface area contributed by atoms with Crippen molar-refractivity contribution in [2.75, 3.05) is 39.4 Å². The molecule has 1 amide bonds. The van der Waals surface area contributed by atoms with Gasteiger partial charge >= 0.3 is 0 Å². The molecule has 0 aromatic carbocycles. The van der Waals surface area contributed by atoms with Crippen LogP contribution < -0.4 is 5.32 Å². The lowest BCUT2D eigenvalue weighted by Crippen LogP contribution is -2.43. The van der Waals surface area contributed by atoms with E-state index in [-0.39, 0.29) is 5.91 Å². The molecule has 94 valence electrons. The summed E-state index contributed by atoms with van der Waals surface area (Å²) in [7, 11) is 0. The van der Waals surface area contributed by atoms with Crippen molar-refractivity contribution in [2.45, 2.75) is 6.42 Å². The van der Waals surface area contributed by atoms with Gasteiger partial charge in [-0.3, -0.25) is 9.69 Å². The fourth-order valence-electron chi connectivity index (χ4n) is 1.88. The Bertz CT molecular complexity index is 332. The van der Waals surface area contributed by atoms with Gasteiger partial charge in [0.2, 0.25) is 5.91 Å². The SMILES string of the molecule is O=C(CN1CCOCC1)NCCc1ccc[nH]1. The van der Waals surface area contributed by atoms with E-state index >= 15 is 0 Å². The molecule has 2 rings (SSSR count). The summed E-state index contributed by atoms with van der Waals surface area (Å²) < 4.78 is 5.23. The van der Waals surface area contributed by atoms with Crippen LogP contribution >= 0.6 is 0 Å². The van der Waals surface area contributed by atoms with Crippen LogP contribution in [0.2, 0.25) is 0 Å². The van der Waals surface area contributed by atoms with E-state index < -0.39 is 0 Å². The van der Waals surface area contributed by atoms with E-state index in [4.69, 9.17) is 4.74 Å². The van der Waals surface area contributed by atoms with Crippen LogP contribution in [0.15, 0.2) is 18.3 Å². The first-order valence-corrected chi connectivity index (χ1v) is 6.03. The first-order chi connectivity index (χ1) is 8.34. The molecule has 0 saturated carbocycles. The lowest BCUT2D eigenvalue weighted by Gasteiger charge is -2.25. The zero-order valence-corrected chi connectivity index (χ0v) is 9.95. The molecule has 0 radical (unpaired) electrons. The summed E-state index contributed by atoms with van der Waals surface area (Å²) in [5, 5.41) is 2.93. The van der Waals surface area contributed by atoms with Crippen molar-refractivity contribution in [3.8, 4) is 0 Å². The van der Waals surface area contributed by atoms with E-state index in [1.165, 1.54) is 0 Å². The Labute approximate surface area is 101 Å². The van der Waals surface area contributed by atoms with E-state index in [1.807, 2.05) is 18.3 Å². The predicted octanol–water partition coefficient (Wildman–Crippen LogP) is 0.00560. The molecule has 1 aliphatic heterocycles. The number of carbonyl (C=O) groups is 1. The second-order valence-electron chi connectivity index (χ2n) is 4.18. The Hall–Kier alpha value is -1.33. The molecule has 0 atom stereocenters. The fourth-order valence-corrected chi connectivity index (χ4v) is 1.88. The molecule has 0 bridgehead atoms. The van der Waals surface area contributed by atoms with Crippen LogP contribution in [-0.4, -0.2) is 55.2 Å². The predicted molar refractivity (Wildman–Crippen MR) is 64.8 cm³/mol. The van der Waals surface area contributed by atoms with Crippen LogP contribution in [0.4, 0.5) is 0 Å². The number of aromatic amines is 1. The molecular weight excluding hydrogens is 218 g/mol. The van der Waals surface area contributed by atoms with Crippen molar-refractivity contribution in [2.24, 2.45) is 0 Å². The summed E-state index contributed by atoms with van der Waals surface area (Å²) in [5.41, 5.74) is 1.15. The number of rotatable bonds is 5. The number of amides is 1. The van der Waals surface area contributed by atoms with Gasteiger partial charge in [-0.1, -0.05) is 0 Å². The summed E-state index contributed by atoms with van der Waals surface area (Å²) >= 11 is 0. The maximum Gasteiger partial charge on any atom is 0.234 e. The highest BCUT2D eigenvalue weighted by atomic mass is 16.5. The molecule has 1 saturated heterocycles. The average Bonchev–Trinajstić information content (AvgIpc) is 2.83. The van der Waals surface area contributed by atoms with E-state index in [0.29, 0.717) is 13.1 Å². The molecule has 17 heavy (non-hydrogen) atoms. The minimum absolute atomic E-state index is 0.0958. The number of nitrogens with zero attached hydrogens (tertiary/aromatic N) is 1. The minimum atomic E-state index is 0.0958. The Morgan fingerprint density at radius 1 is 1.47 bits per heavy atom. The molecule has 5 nitrogen and oxygen atoms in total. The van der Waals surface area contributed by atoms with Crippen LogP contribution in [0.25, 0.3) is 0 Å². The fraction of sp³-hybridized carbons (Fsp3) is 0.583. The summed E-state index contributed by atoms with van der Waals surface area (Å²) in [6.45, 7) is 4.33. The van der Waals surface area contributed by atoms with Gasteiger partial charge in [0.1, 0.15) is 0 Å². The molecular formula is C12H19N3O2. The van der Waals surface area contributed by atoms with Crippen molar-refractivity contribution in [3.05, 3.63) is 24.0 Å². The van der Waals surface area contributed by atoms with Crippen LogP contribution in [0, 0.1) is 0 Å². The second kappa shape index (κ2) is 6.42. The monoisotopic (exact) mass is 237 g/mol. The summed E-state index contributed by atoms with van der Waals surface area (Å²) in [6.07, 6.45) is 2.74. The van der Waals surface area contributed by atoms with E-state index in [1.54, 1.807) is 0 Å². The van der Waals surface area contributed by atoms with Gasteiger partial charge in [-0.15, -0.1) is 0 Å². The molecule has 0 unspecified atom stereocenters. The summed E-state index contributed by atoms with van der Waals surface area (Å²) in [4.78, 5) is 16.9. The minimum Gasteiger partial charge on any atom is -0.379 e. The van der Waals surface area contributed by atoms with Crippen molar-refractivity contribution < 1.29 is 9.53 Å². The number of aromatic nitrogens is 1. The summed E-state index contributed by atoms with van der Waals surface area (Å²) in [5.74, 6) is 0.0958. The third kappa shape index (κ3) is 4.20. The van der Waals surface area contributed by atoms with Gasteiger partial charge in [0.15, 0.2) is 0 Å². The molecule has 0 aliphatic carbocycles. The van der Waals surface area contributed by atoms with Crippen molar-refractivity contribution in [1.82, 2.24) is 15.2 Å². The zero-order chi connectivity index (χ0) is 11.9. The smallest absolute Gasteiger partial charge is 0.234 e. The highest BCUT2D eigenvalue weighted by Gasteiger charge is 2.13. The lowest BCUT2D eigenvalue weighted by molar-refractivity contribution is -0.123. The van der Waals surface area contributed by atoms with Crippen LogP contribution in [0.3, 0.4) is 0 Å². The zero-order valence-electron chi connectivity index (χ0n) is 9.95. The normalized spacial score (nSPS) is 16.9. The molecule has 0 spiro atoms. The van der Waals surface area contributed by atoms with Crippen LogP contribution in [0.5, 0.6) is 0 Å². The highest BCUT2D eigenvalue weighted by Crippen LogP contribution is 1.96. The first kappa shape index (κ1) is 12.1. The molecule has 2 N–H and O–H groups in total. The molecule has 1 aliphatic rings. The van der Waals surface area contributed by atoms with E-state index in [0.717, 1.165) is 38.4 Å². The third-order valence-corrected chi connectivity index (χ3v) is 2.85. The Morgan fingerprint density at radius 2 is 2.29 bits per heavy atom. The topological polar surface area (TPSA) is 57.4 Å². The number of nitrogens with one attached hydrogen (secondary N) is 2. The number of carbonyl (C=O) groups excluding carboxylic acids is 1. The highest BCUT2D eigenvalue weighted by molar-refractivity contribution is 5.78. The van der Waals surface area contributed by atoms with Gasteiger partial charge in [-0.25, -0.2) is 0 Å². The Balaban J connectivity index is 1.60. The Morgan fingerprint density at radius 3 is 3.00 bits per heavy atom. The van der Waals surface area contributed by atoms with Crippen molar-refractivity contribution >= 4 is 5.91 Å². The van der Waals surface area contributed by atoms with Gasteiger partial charge in [0, 0.05) is 37.9 Å². The van der Waals surface area contributed by atoms with E-state index in [2.05, 4.69) is 15.2 Å². The van der Waals surface area contributed by atoms with Crippen molar-refractivity contribution in [3.63, 3.8) is 0 Å². The van der Waals surface area contributed by atoms with Crippen LogP contribution in [-0.2, 0) is 16.0 Å². The van der Waals surface area contributed by atoms with Crippen LogP contribution in [0.1, 0.15) is 5.69 Å². The number of ether oxygens (including phenoxy) is 1. The molecule has 2 heterocycles. The molecule has 1 aromatic heterocycles. The van der Waals surface area contributed by atoms with E-state index in [9.17, 15) is 4.79 Å². The average molecular weight is 237 g/mol.